The van der Waals surface area contributed by atoms with Gasteiger partial charge in [0.2, 0.25) is 0 Å². The number of benzene rings is 2. The molecule has 0 saturated heterocycles. The zero-order valence-electron chi connectivity index (χ0n) is 21.8. The molecule has 2 rings (SSSR count). The maximum Gasteiger partial charge on any atom is 0.128 e. The summed E-state index contributed by atoms with van der Waals surface area (Å²) in [6.07, 6.45) is 17.8. The molecule has 0 heterocycles. The minimum absolute atomic E-state index is 0.0249. The van der Waals surface area contributed by atoms with Gasteiger partial charge in [0.1, 0.15) is 5.75 Å². The van der Waals surface area contributed by atoms with Crippen molar-refractivity contribution in [3.8, 4) is 5.75 Å². The van der Waals surface area contributed by atoms with Gasteiger partial charge in [0.15, 0.2) is 0 Å². The predicted octanol–water partition coefficient (Wildman–Crippen LogP) is 8.76. The average Bonchev–Trinajstić information content (AvgIpc) is 2.89. The second kappa shape index (κ2) is 16.8. The normalized spacial score (nSPS) is 14.1. The lowest BCUT2D eigenvalue weighted by atomic mass is 10.0. The number of unbranched alkanes of at least 4 members (excludes halogenated alkanes) is 2. The van der Waals surface area contributed by atoms with E-state index in [0.717, 1.165) is 48.4 Å². The average molecular weight is 491 g/mol. The highest BCUT2D eigenvalue weighted by Crippen LogP contribution is 2.27. The van der Waals surface area contributed by atoms with Crippen LogP contribution in [0.3, 0.4) is 0 Å². The first-order valence-electron chi connectivity index (χ1n) is 12.8. The summed E-state index contributed by atoms with van der Waals surface area (Å²) in [4.78, 5) is 4.84. The van der Waals surface area contributed by atoms with Crippen LogP contribution in [0.1, 0.15) is 64.0 Å². The Bertz CT molecular complexity index is 976. The quantitative estimate of drug-likeness (QED) is 0.113. The van der Waals surface area contributed by atoms with E-state index in [4.69, 9.17) is 9.73 Å². The number of aryl methyl sites for hydroxylation is 1. The third kappa shape index (κ3) is 10.2. The smallest absolute Gasteiger partial charge is 0.128 e. The molecule has 188 valence electrons. The van der Waals surface area contributed by atoms with E-state index in [1.165, 1.54) is 18.4 Å². The third-order valence-electron chi connectivity index (χ3n) is 5.89. The predicted molar refractivity (Wildman–Crippen MR) is 158 cm³/mol. The van der Waals surface area contributed by atoms with Crippen molar-refractivity contribution >= 4 is 30.2 Å². The Morgan fingerprint density at radius 3 is 2.46 bits per heavy atom. The highest BCUT2D eigenvalue weighted by Gasteiger charge is 2.14. The monoisotopic (exact) mass is 490 g/mol. The van der Waals surface area contributed by atoms with E-state index < -0.39 is 0 Å². The lowest BCUT2D eigenvalue weighted by Gasteiger charge is -2.21. The van der Waals surface area contributed by atoms with Gasteiger partial charge in [-0.2, -0.15) is 0 Å². The molecule has 0 bridgehead atoms. The maximum absolute atomic E-state index is 5.53. The molecule has 2 unspecified atom stereocenters. The highest BCUT2D eigenvalue weighted by atomic mass is 32.1. The van der Waals surface area contributed by atoms with E-state index in [0.29, 0.717) is 0 Å². The van der Waals surface area contributed by atoms with E-state index in [1.807, 2.05) is 30.5 Å². The Morgan fingerprint density at radius 1 is 1.03 bits per heavy atom. The summed E-state index contributed by atoms with van der Waals surface area (Å²) in [5.74, 6) is 1.04. The second-order valence-corrected chi connectivity index (χ2v) is 8.97. The summed E-state index contributed by atoms with van der Waals surface area (Å²) < 4.78 is 5.53. The van der Waals surface area contributed by atoms with Gasteiger partial charge in [0.05, 0.1) is 18.8 Å². The van der Waals surface area contributed by atoms with Crippen molar-refractivity contribution < 1.29 is 4.74 Å². The molecule has 0 amide bonds. The van der Waals surface area contributed by atoms with Crippen LogP contribution in [0.2, 0.25) is 0 Å². The summed E-state index contributed by atoms with van der Waals surface area (Å²) in [6.45, 7) is 6.62. The van der Waals surface area contributed by atoms with Crippen molar-refractivity contribution in [1.29, 1.82) is 0 Å². The number of ether oxygens (including phenoxy) is 1. The van der Waals surface area contributed by atoms with Crippen LogP contribution >= 0.6 is 12.6 Å². The topological polar surface area (TPSA) is 33.6 Å². The Morgan fingerprint density at radius 2 is 1.77 bits per heavy atom. The van der Waals surface area contributed by atoms with Crippen LogP contribution in [0.15, 0.2) is 83.2 Å². The third-order valence-corrected chi connectivity index (χ3v) is 6.14. The fraction of sp³-hybridized carbons (Fsp3) is 0.387. The molecule has 0 saturated carbocycles. The zero-order chi connectivity index (χ0) is 25.3. The summed E-state index contributed by atoms with van der Waals surface area (Å²) in [5, 5.41) is 5.42. The van der Waals surface area contributed by atoms with Gasteiger partial charge < -0.3 is 10.1 Å². The zero-order valence-corrected chi connectivity index (χ0v) is 22.7. The Balaban J connectivity index is 2.21. The number of rotatable bonds is 15. The standard InChI is InChI=1S/C31H42N2OS/c1-5-7-9-10-11-12-15-25(3)29(33-27-21-19-26(20-22-27)16-8-6-2)23-32-30(24-35)28-17-13-14-18-31(28)34-4/h7,9,12-15,17-25,29,33,35H,5-6,8,10-11,16H2,1-4H3/b9-7+,15-12-,30-24-,32-23?. The van der Waals surface area contributed by atoms with Crippen LogP contribution in [0, 0.1) is 5.92 Å². The largest absolute Gasteiger partial charge is 0.496 e. The molecule has 0 radical (unpaired) electrons. The lowest BCUT2D eigenvalue weighted by Crippen LogP contribution is -2.28. The van der Waals surface area contributed by atoms with Crippen molar-refractivity contribution in [2.75, 3.05) is 12.4 Å². The van der Waals surface area contributed by atoms with E-state index in [9.17, 15) is 0 Å². The number of para-hydroxylation sites is 1. The van der Waals surface area contributed by atoms with Crippen molar-refractivity contribution in [2.45, 2.75) is 65.3 Å². The summed E-state index contributed by atoms with van der Waals surface area (Å²) in [7, 11) is 1.68. The fourth-order valence-corrected chi connectivity index (χ4v) is 3.95. The highest BCUT2D eigenvalue weighted by molar-refractivity contribution is 7.83. The number of allylic oxidation sites excluding steroid dienone is 3. The van der Waals surface area contributed by atoms with Crippen LogP contribution in [0.25, 0.3) is 5.70 Å². The van der Waals surface area contributed by atoms with Crippen LogP contribution < -0.4 is 10.1 Å². The molecule has 0 fully saturated rings. The van der Waals surface area contributed by atoms with Crippen molar-refractivity contribution in [1.82, 2.24) is 0 Å². The van der Waals surface area contributed by atoms with Crippen molar-refractivity contribution in [3.05, 3.63) is 89.4 Å². The van der Waals surface area contributed by atoms with E-state index in [2.05, 4.69) is 87.3 Å². The number of aliphatic imine (C=N–C) groups is 1. The second-order valence-electron chi connectivity index (χ2n) is 8.71. The Labute approximate surface area is 218 Å². The van der Waals surface area contributed by atoms with Gasteiger partial charge in [-0.1, -0.05) is 75.8 Å². The molecular weight excluding hydrogens is 448 g/mol. The number of hydrogen-bond donors (Lipinski definition) is 2. The van der Waals surface area contributed by atoms with Crippen LogP contribution in [0.4, 0.5) is 5.69 Å². The van der Waals surface area contributed by atoms with Gasteiger partial charge in [0, 0.05) is 17.5 Å². The molecule has 0 aliphatic rings. The van der Waals surface area contributed by atoms with E-state index >= 15 is 0 Å². The van der Waals surface area contributed by atoms with Crippen LogP contribution in [0.5, 0.6) is 5.75 Å². The molecule has 2 aromatic rings. The molecule has 0 aromatic heterocycles. The number of anilines is 1. The molecule has 0 aliphatic carbocycles. The summed E-state index contributed by atoms with van der Waals surface area (Å²) in [6, 6.07) is 16.7. The molecule has 3 nitrogen and oxygen atoms in total. The maximum atomic E-state index is 5.53. The molecule has 0 spiro atoms. The number of nitrogens with zero attached hydrogens (tertiary/aromatic N) is 1. The summed E-state index contributed by atoms with van der Waals surface area (Å²) >= 11 is 4.43. The van der Waals surface area contributed by atoms with Gasteiger partial charge in [-0.05, 0) is 73.3 Å². The number of thiol groups is 1. The first-order valence-corrected chi connectivity index (χ1v) is 13.3. The molecular formula is C31H42N2OS. The molecule has 1 N–H and O–H groups in total. The number of hydrogen-bond acceptors (Lipinski definition) is 4. The van der Waals surface area contributed by atoms with Crippen LogP contribution in [-0.2, 0) is 6.42 Å². The minimum atomic E-state index is 0.0249. The molecule has 2 atom stereocenters. The molecule has 0 aliphatic heterocycles. The Kier molecular flexibility index (Phi) is 13.7. The first-order chi connectivity index (χ1) is 17.1. The van der Waals surface area contributed by atoms with Gasteiger partial charge in [0.25, 0.3) is 0 Å². The fourth-order valence-electron chi connectivity index (χ4n) is 3.74. The van der Waals surface area contributed by atoms with Crippen molar-refractivity contribution in [2.24, 2.45) is 10.9 Å². The SMILES string of the molecule is CC/C=C/CC/C=C\C(C)C(C=N/C(=C\S)c1ccccc1OC)Nc1ccc(CCCC)cc1. The van der Waals surface area contributed by atoms with Crippen molar-refractivity contribution in [3.63, 3.8) is 0 Å². The first kappa shape index (κ1) is 28.5. The van der Waals surface area contributed by atoms with Crippen LogP contribution in [-0.4, -0.2) is 19.4 Å². The van der Waals surface area contributed by atoms with Gasteiger partial charge in [-0.25, -0.2) is 0 Å². The number of methoxy groups -OCH3 is 1. The Hall–Kier alpha value is -2.72. The number of nitrogens with one attached hydrogen (secondary N) is 1. The van der Waals surface area contributed by atoms with E-state index in [-0.39, 0.29) is 12.0 Å². The molecule has 35 heavy (non-hydrogen) atoms. The van der Waals surface area contributed by atoms with Gasteiger partial charge in [-0.3, -0.25) is 4.99 Å². The van der Waals surface area contributed by atoms with Gasteiger partial charge >= 0.3 is 0 Å². The van der Waals surface area contributed by atoms with E-state index in [1.54, 1.807) is 12.5 Å². The molecule has 2 aromatic carbocycles. The lowest BCUT2D eigenvalue weighted by molar-refractivity contribution is 0.413. The molecule has 4 heteroatoms. The summed E-state index contributed by atoms with van der Waals surface area (Å²) in [5.41, 5.74) is 4.17. The minimum Gasteiger partial charge on any atom is -0.496 e. The van der Waals surface area contributed by atoms with Gasteiger partial charge in [-0.15, -0.1) is 12.6 Å².